The summed E-state index contributed by atoms with van der Waals surface area (Å²) >= 11 is 0. The average molecular weight is 325 g/mol. The van der Waals surface area contributed by atoms with E-state index in [2.05, 4.69) is 29.6 Å². The zero-order chi connectivity index (χ0) is 16.2. The van der Waals surface area contributed by atoms with Crippen LogP contribution in [0.1, 0.15) is 30.1 Å². The van der Waals surface area contributed by atoms with Crippen LogP contribution in [0.4, 0.5) is 0 Å². The first-order chi connectivity index (χ1) is 11.9. The normalized spacial score (nSPS) is 23.0. The lowest BCUT2D eigenvalue weighted by molar-refractivity contribution is 0.0699. The maximum Gasteiger partial charge on any atom is 0.162 e. The maximum atomic E-state index is 6.06. The van der Waals surface area contributed by atoms with E-state index in [1.807, 2.05) is 24.3 Å². The van der Waals surface area contributed by atoms with Crippen molar-refractivity contribution in [1.29, 1.82) is 0 Å². The molecule has 2 aromatic carbocycles. The molecule has 126 valence electrons. The first-order valence-corrected chi connectivity index (χ1v) is 8.67. The van der Waals surface area contributed by atoms with Crippen LogP contribution in [0.25, 0.3) is 0 Å². The molecule has 2 aliphatic rings. The monoisotopic (exact) mass is 325 g/mol. The third-order valence-corrected chi connectivity index (χ3v) is 4.62. The number of ether oxygens (including phenoxy) is 3. The van der Waals surface area contributed by atoms with Crippen molar-refractivity contribution in [3.05, 3.63) is 59.7 Å². The molecule has 0 saturated carbocycles. The number of rotatable bonds is 4. The van der Waals surface area contributed by atoms with E-state index in [0.29, 0.717) is 12.6 Å². The summed E-state index contributed by atoms with van der Waals surface area (Å²) in [5, 5.41) is 3.57. The molecule has 0 radical (unpaired) electrons. The molecule has 0 aromatic heterocycles. The van der Waals surface area contributed by atoms with Gasteiger partial charge in [-0.25, -0.2) is 0 Å². The summed E-state index contributed by atoms with van der Waals surface area (Å²) in [6.45, 7) is 3.15. The second-order valence-electron chi connectivity index (χ2n) is 6.40. The van der Waals surface area contributed by atoms with E-state index in [-0.39, 0.29) is 6.10 Å². The Kier molecular flexibility index (Phi) is 4.67. The molecule has 1 saturated heterocycles. The molecule has 2 heterocycles. The molecule has 4 rings (SSSR count). The number of hydrogen-bond donors (Lipinski definition) is 1. The largest absolute Gasteiger partial charge is 0.485 e. The zero-order valence-corrected chi connectivity index (χ0v) is 13.7. The van der Waals surface area contributed by atoms with Gasteiger partial charge in [-0.3, -0.25) is 0 Å². The van der Waals surface area contributed by atoms with Crippen molar-refractivity contribution in [3.63, 3.8) is 0 Å². The topological polar surface area (TPSA) is 39.7 Å². The lowest BCUT2D eigenvalue weighted by Crippen LogP contribution is -2.36. The highest BCUT2D eigenvalue weighted by Gasteiger charge is 2.22. The van der Waals surface area contributed by atoms with Crippen LogP contribution < -0.4 is 14.8 Å². The second-order valence-corrected chi connectivity index (χ2v) is 6.40. The van der Waals surface area contributed by atoms with Gasteiger partial charge in [0.25, 0.3) is 0 Å². The Morgan fingerprint density at radius 2 is 1.79 bits per heavy atom. The van der Waals surface area contributed by atoms with Gasteiger partial charge >= 0.3 is 0 Å². The van der Waals surface area contributed by atoms with Gasteiger partial charge in [-0.1, -0.05) is 36.4 Å². The Labute approximate surface area is 142 Å². The molecule has 1 N–H and O–H groups in total. The molecular formula is C20H23NO3. The summed E-state index contributed by atoms with van der Waals surface area (Å²) in [7, 11) is 0. The fourth-order valence-corrected chi connectivity index (χ4v) is 3.20. The highest BCUT2D eigenvalue weighted by atomic mass is 16.6. The van der Waals surface area contributed by atoms with Crippen LogP contribution >= 0.6 is 0 Å². The quantitative estimate of drug-likeness (QED) is 0.934. The van der Waals surface area contributed by atoms with Crippen LogP contribution in [0, 0.1) is 0 Å². The number of fused-ring (bicyclic) bond motifs is 1. The first-order valence-electron chi connectivity index (χ1n) is 8.67. The van der Waals surface area contributed by atoms with Crippen LogP contribution in [-0.2, 0) is 11.3 Å². The van der Waals surface area contributed by atoms with Crippen molar-refractivity contribution in [2.24, 2.45) is 0 Å². The highest BCUT2D eigenvalue weighted by Crippen LogP contribution is 2.35. The van der Waals surface area contributed by atoms with Gasteiger partial charge in [-0.15, -0.1) is 0 Å². The van der Waals surface area contributed by atoms with Crippen LogP contribution in [0.15, 0.2) is 48.5 Å². The van der Waals surface area contributed by atoms with E-state index in [4.69, 9.17) is 14.2 Å². The van der Waals surface area contributed by atoms with Crippen molar-refractivity contribution in [3.8, 4) is 11.5 Å². The molecule has 2 atom stereocenters. The van der Waals surface area contributed by atoms with Crippen LogP contribution in [-0.4, -0.2) is 25.9 Å². The lowest BCUT2D eigenvalue weighted by Gasteiger charge is -2.27. The number of benzene rings is 2. The second kappa shape index (κ2) is 7.24. The van der Waals surface area contributed by atoms with Crippen molar-refractivity contribution in [2.75, 3.05) is 19.8 Å². The molecule has 0 amide bonds. The van der Waals surface area contributed by atoms with Gasteiger partial charge in [0.05, 0.1) is 6.61 Å². The summed E-state index contributed by atoms with van der Waals surface area (Å²) in [6.07, 6.45) is 2.30. The minimum absolute atomic E-state index is 0.0475. The molecule has 2 aliphatic heterocycles. The number of nitrogens with one attached hydrogen (secondary N) is 1. The maximum absolute atomic E-state index is 6.06. The summed E-state index contributed by atoms with van der Waals surface area (Å²) in [6, 6.07) is 16.9. The van der Waals surface area contributed by atoms with E-state index >= 15 is 0 Å². The van der Waals surface area contributed by atoms with Crippen LogP contribution in [0.2, 0.25) is 0 Å². The molecule has 2 aromatic rings. The summed E-state index contributed by atoms with van der Waals surface area (Å²) in [5.74, 6) is 1.64. The van der Waals surface area contributed by atoms with E-state index in [1.165, 1.54) is 12.0 Å². The fourth-order valence-electron chi connectivity index (χ4n) is 3.20. The zero-order valence-electron chi connectivity index (χ0n) is 13.7. The SMILES string of the molecule is c1ccc2c(c1)OCC(c1ccc(CNC3CCCOC3)cc1)O2. The highest BCUT2D eigenvalue weighted by molar-refractivity contribution is 5.41. The van der Waals surface area contributed by atoms with Crippen LogP contribution in [0.3, 0.4) is 0 Å². The molecule has 4 nitrogen and oxygen atoms in total. The fraction of sp³-hybridized carbons (Fsp3) is 0.400. The van der Waals surface area contributed by atoms with E-state index in [9.17, 15) is 0 Å². The number of para-hydroxylation sites is 2. The Morgan fingerprint density at radius 1 is 0.958 bits per heavy atom. The third kappa shape index (κ3) is 3.55. The summed E-state index contributed by atoms with van der Waals surface area (Å²) in [5.41, 5.74) is 2.43. The standard InChI is InChI=1S/C20H23NO3/c1-2-6-19-18(5-1)23-14-20(24-19)16-9-7-15(8-10-16)12-21-17-4-3-11-22-13-17/h1-2,5-10,17,20-21H,3-4,11-14H2. The Hall–Kier alpha value is -2.04. The smallest absolute Gasteiger partial charge is 0.162 e. The lowest BCUT2D eigenvalue weighted by atomic mass is 10.1. The molecule has 2 unspecified atom stereocenters. The Morgan fingerprint density at radius 3 is 2.58 bits per heavy atom. The molecule has 0 bridgehead atoms. The predicted molar refractivity (Wildman–Crippen MR) is 92.4 cm³/mol. The number of hydrogen-bond acceptors (Lipinski definition) is 4. The summed E-state index contributed by atoms with van der Waals surface area (Å²) in [4.78, 5) is 0. The molecule has 1 fully saturated rings. The van der Waals surface area contributed by atoms with Crippen molar-refractivity contribution in [2.45, 2.75) is 31.5 Å². The van der Waals surface area contributed by atoms with Crippen molar-refractivity contribution < 1.29 is 14.2 Å². The minimum atomic E-state index is -0.0475. The van der Waals surface area contributed by atoms with Gasteiger partial charge in [0.15, 0.2) is 17.6 Å². The van der Waals surface area contributed by atoms with Gasteiger partial charge in [-0.05, 0) is 36.1 Å². The van der Waals surface area contributed by atoms with Gasteiger partial charge < -0.3 is 19.5 Å². The third-order valence-electron chi connectivity index (χ3n) is 4.62. The molecule has 0 aliphatic carbocycles. The van der Waals surface area contributed by atoms with Gasteiger partial charge in [0, 0.05) is 19.2 Å². The first kappa shape index (κ1) is 15.5. The van der Waals surface area contributed by atoms with E-state index < -0.39 is 0 Å². The predicted octanol–water partition coefficient (Wildman–Crippen LogP) is 3.47. The van der Waals surface area contributed by atoms with E-state index in [1.54, 1.807) is 0 Å². The average Bonchev–Trinajstić information content (AvgIpc) is 2.67. The Balaban J connectivity index is 1.36. The Bertz CT molecular complexity index is 665. The van der Waals surface area contributed by atoms with Crippen molar-refractivity contribution >= 4 is 0 Å². The summed E-state index contributed by atoms with van der Waals surface area (Å²) < 4.78 is 17.4. The van der Waals surface area contributed by atoms with Gasteiger partial charge in [-0.2, -0.15) is 0 Å². The van der Waals surface area contributed by atoms with Crippen molar-refractivity contribution in [1.82, 2.24) is 5.32 Å². The molecule has 0 spiro atoms. The molecule has 4 heteroatoms. The molecular weight excluding hydrogens is 302 g/mol. The van der Waals surface area contributed by atoms with Crippen LogP contribution in [0.5, 0.6) is 11.5 Å². The van der Waals surface area contributed by atoms with E-state index in [0.717, 1.165) is 43.2 Å². The minimum Gasteiger partial charge on any atom is -0.485 e. The van der Waals surface area contributed by atoms with Gasteiger partial charge in [0.1, 0.15) is 6.61 Å². The van der Waals surface area contributed by atoms with Gasteiger partial charge in [0.2, 0.25) is 0 Å². The molecule has 24 heavy (non-hydrogen) atoms.